The molecule has 0 amide bonds. The molecule has 0 N–H and O–H groups in total. The van der Waals surface area contributed by atoms with Crippen molar-refractivity contribution in [3.8, 4) is 0 Å². The summed E-state index contributed by atoms with van der Waals surface area (Å²) >= 11 is 5.32. The maximum absolute atomic E-state index is 5.41. The molecule has 1 aromatic carbocycles. The largest absolute Gasteiger partial charge is 0.378 e. The van der Waals surface area contributed by atoms with Crippen molar-refractivity contribution >= 4 is 33.6 Å². The van der Waals surface area contributed by atoms with Gasteiger partial charge in [-0.05, 0) is 18.6 Å². The molecule has 0 aliphatic carbocycles. The summed E-state index contributed by atoms with van der Waals surface area (Å²) < 4.78 is 8.74. The lowest BCUT2D eigenvalue weighted by Crippen LogP contribution is -2.38. The van der Waals surface area contributed by atoms with Gasteiger partial charge >= 0.3 is 0 Å². The Hall–Kier alpha value is -1.05. The van der Waals surface area contributed by atoms with Gasteiger partial charge in [0.25, 0.3) is 0 Å². The first-order valence-corrected chi connectivity index (χ1v) is 9.19. The second-order valence-corrected chi connectivity index (χ2v) is 6.80. The number of nitrogens with zero attached hydrogens (tertiary/aromatic N) is 4. The normalized spacial score (nSPS) is 15.3. The molecular weight excluding hydrogens is 364 g/mol. The number of thioether (sulfide) groups is 1. The molecule has 0 atom stereocenters. The van der Waals surface area contributed by atoms with Crippen LogP contribution in [0.2, 0.25) is 0 Å². The average Bonchev–Trinajstić information content (AvgIpc) is 2.98. The molecule has 2 aromatic rings. The van der Waals surface area contributed by atoms with E-state index < -0.39 is 0 Å². The zero-order valence-corrected chi connectivity index (χ0v) is 14.9. The lowest BCUT2D eigenvalue weighted by Gasteiger charge is -2.27. The van der Waals surface area contributed by atoms with Crippen molar-refractivity contribution in [2.24, 2.45) is 0 Å². The number of rotatable bonds is 5. The summed E-state index contributed by atoms with van der Waals surface area (Å²) in [5, 5.41) is 9.75. The van der Waals surface area contributed by atoms with E-state index in [1.807, 2.05) is 6.07 Å². The van der Waals surface area contributed by atoms with Gasteiger partial charge < -0.3 is 9.64 Å². The Kier molecular flexibility index (Phi) is 5.38. The summed E-state index contributed by atoms with van der Waals surface area (Å²) in [5.74, 6) is 1.84. The number of halogens is 1. The van der Waals surface area contributed by atoms with Crippen LogP contribution in [0.15, 0.2) is 33.9 Å². The first-order chi connectivity index (χ1) is 10.8. The van der Waals surface area contributed by atoms with E-state index in [0.29, 0.717) is 0 Å². The van der Waals surface area contributed by atoms with Gasteiger partial charge in [0, 0.05) is 29.9 Å². The Labute approximate surface area is 143 Å². The second-order valence-electron chi connectivity index (χ2n) is 5.01. The summed E-state index contributed by atoms with van der Waals surface area (Å²) in [7, 11) is 0. The molecule has 0 bridgehead atoms. The molecule has 0 spiro atoms. The zero-order chi connectivity index (χ0) is 15.4. The van der Waals surface area contributed by atoms with Gasteiger partial charge in [0.05, 0.1) is 13.2 Å². The topological polar surface area (TPSA) is 43.2 Å². The van der Waals surface area contributed by atoms with Gasteiger partial charge in [-0.1, -0.05) is 45.9 Å². The minimum Gasteiger partial charge on any atom is -0.378 e. The van der Waals surface area contributed by atoms with Crippen LogP contribution < -0.4 is 4.90 Å². The third-order valence-corrected chi connectivity index (χ3v) is 5.41. The highest BCUT2D eigenvalue weighted by Gasteiger charge is 2.19. The summed E-state index contributed by atoms with van der Waals surface area (Å²) in [6.07, 6.45) is 0. The number of morpholine rings is 1. The first-order valence-electron chi connectivity index (χ1n) is 7.41. The summed E-state index contributed by atoms with van der Waals surface area (Å²) in [5.41, 5.74) is 1.27. The highest BCUT2D eigenvalue weighted by molar-refractivity contribution is 9.10. The van der Waals surface area contributed by atoms with Gasteiger partial charge in [-0.25, -0.2) is 0 Å². The molecule has 1 aromatic heterocycles. The lowest BCUT2D eigenvalue weighted by atomic mass is 10.2. The fraction of sp³-hybridized carbons (Fsp3) is 0.467. The van der Waals surface area contributed by atoms with Crippen molar-refractivity contribution in [2.75, 3.05) is 31.2 Å². The van der Waals surface area contributed by atoms with E-state index in [0.717, 1.165) is 54.2 Å². The standard InChI is InChI=1S/C15H19BrN4OS/c1-2-20-14(19-7-9-21-10-8-19)17-18-15(20)22-11-12-5-3-4-6-13(12)16/h3-6H,2,7-11H2,1H3. The molecular formula is C15H19BrN4OS. The number of ether oxygens (including phenoxy) is 1. The van der Waals surface area contributed by atoms with E-state index in [4.69, 9.17) is 4.74 Å². The van der Waals surface area contributed by atoms with Crippen molar-refractivity contribution in [3.63, 3.8) is 0 Å². The molecule has 3 rings (SSSR count). The van der Waals surface area contributed by atoms with E-state index in [9.17, 15) is 0 Å². The van der Waals surface area contributed by atoms with Crippen LogP contribution in [0.1, 0.15) is 12.5 Å². The fourth-order valence-electron chi connectivity index (χ4n) is 2.42. The molecule has 0 unspecified atom stereocenters. The van der Waals surface area contributed by atoms with E-state index in [-0.39, 0.29) is 0 Å². The maximum atomic E-state index is 5.41. The van der Waals surface area contributed by atoms with E-state index in [2.05, 4.69) is 60.7 Å². The zero-order valence-electron chi connectivity index (χ0n) is 12.5. The number of hydrogen-bond donors (Lipinski definition) is 0. The Morgan fingerprint density at radius 3 is 2.73 bits per heavy atom. The minimum atomic E-state index is 0.760. The minimum absolute atomic E-state index is 0.760. The highest BCUT2D eigenvalue weighted by Crippen LogP contribution is 2.28. The number of anilines is 1. The first kappa shape index (κ1) is 15.8. The lowest BCUT2D eigenvalue weighted by molar-refractivity contribution is 0.121. The molecule has 0 saturated carbocycles. The molecule has 7 heteroatoms. The molecule has 118 valence electrons. The molecule has 2 heterocycles. The van der Waals surface area contributed by atoms with Crippen LogP contribution >= 0.6 is 27.7 Å². The van der Waals surface area contributed by atoms with Crippen LogP contribution in [-0.2, 0) is 17.0 Å². The quantitative estimate of drug-likeness (QED) is 0.742. The van der Waals surface area contributed by atoms with Crippen LogP contribution in [0.3, 0.4) is 0 Å². The fourth-order valence-corrected chi connectivity index (χ4v) is 4.03. The molecule has 1 aliphatic heterocycles. The van der Waals surface area contributed by atoms with Crippen molar-refractivity contribution in [2.45, 2.75) is 24.4 Å². The summed E-state index contributed by atoms with van der Waals surface area (Å²) in [6, 6.07) is 8.29. The van der Waals surface area contributed by atoms with Crippen LogP contribution in [0.5, 0.6) is 0 Å². The third-order valence-electron chi connectivity index (χ3n) is 3.62. The molecule has 0 radical (unpaired) electrons. The van der Waals surface area contributed by atoms with E-state index in [1.165, 1.54) is 5.56 Å². The number of hydrogen-bond acceptors (Lipinski definition) is 5. The molecule has 1 aliphatic rings. The second kappa shape index (κ2) is 7.48. The summed E-state index contributed by atoms with van der Waals surface area (Å²) in [6.45, 7) is 6.29. The van der Waals surface area contributed by atoms with Gasteiger partial charge in [-0.2, -0.15) is 0 Å². The summed E-state index contributed by atoms with van der Waals surface area (Å²) in [4.78, 5) is 2.25. The van der Waals surface area contributed by atoms with Crippen LogP contribution in [0.25, 0.3) is 0 Å². The van der Waals surface area contributed by atoms with E-state index in [1.54, 1.807) is 11.8 Å². The van der Waals surface area contributed by atoms with Gasteiger partial charge in [-0.3, -0.25) is 4.57 Å². The predicted octanol–water partition coefficient (Wildman–Crippen LogP) is 3.19. The molecule has 5 nitrogen and oxygen atoms in total. The van der Waals surface area contributed by atoms with Crippen molar-refractivity contribution < 1.29 is 4.74 Å². The van der Waals surface area contributed by atoms with Gasteiger partial charge in [0.15, 0.2) is 5.16 Å². The van der Waals surface area contributed by atoms with Crippen molar-refractivity contribution in [3.05, 3.63) is 34.3 Å². The molecule has 1 fully saturated rings. The van der Waals surface area contributed by atoms with Gasteiger partial charge in [-0.15, -0.1) is 10.2 Å². The Morgan fingerprint density at radius 2 is 2.00 bits per heavy atom. The maximum Gasteiger partial charge on any atom is 0.228 e. The smallest absolute Gasteiger partial charge is 0.228 e. The molecule has 22 heavy (non-hydrogen) atoms. The number of aromatic nitrogens is 3. The number of benzene rings is 1. The third kappa shape index (κ3) is 3.47. The van der Waals surface area contributed by atoms with Crippen LogP contribution in [0.4, 0.5) is 5.95 Å². The van der Waals surface area contributed by atoms with Gasteiger partial charge in [0.2, 0.25) is 5.95 Å². The van der Waals surface area contributed by atoms with Crippen LogP contribution in [-0.4, -0.2) is 41.1 Å². The Morgan fingerprint density at radius 1 is 1.23 bits per heavy atom. The predicted molar refractivity (Wildman–Crippen MR) is 92.4 cm³/mol. The van der Waals surface area contributed by atoms with Crippen LogP contribution in [0, 0.1) is 0 Å². The highest BCUT2D eigenvalue weighted by atomic mass is 79.9. The van der Waals surface area contributed by atoms with Crippen molar-refractivity contribution in [1.29, 1.82) is 0 Å². The Balaban J connectivity index is 1.74. The Bertz CT molecular complexity index is 628. The van der Waals surface area contributed by atoms with Crippen molar-refractivity contribution in [1.82, 2.24) is 14.8 Å². The molecule has 1 saturated heterocycles. The average molecular weight is 383 g/mol. The monoisotopic (exact) mass is 382 g/mol. The van der Waals surface area contributed by atoms with E-state index >= 15 is 0 Å². The SMILES string of the molecule is CCn1c(SCc2ccccc2Br)nnc1N1CCOCC1. The van der Waals surface area contributed by atoms with Gasteiger partial charge in [0.1, 0.15) is 0 Å².